The molecule has 34 heavy (non-hydrogen) atoms. The van der Waals surface area contributed by atoms with Crippen LogP contribution in [0.5, 0.6) is 11.5 Å². The summed E-state index contributed by atoms with van der Waals surface area (Å²) >= 11 is 0. The van der Waals surface area contributed by atoms with Gasteiger partial charge in [-0.3, -0.25) is 14.4 Å². The standard InChI is InChI=1S/C27H34N2O5/c1-18(2)11-12-28-26(31)6-5-13-29-23-15-21(8-10-25(23)34-17-27(29)32)24(30)16-33-22-9-7-19(3)20(4)14-22/h7-10,14-15,18H,5-6,11-13,16-17H2,1-4H3,(H,28,31). The van der Waals surface area contributed by atoms with Crippen molar-refractivity contribution in [2.75, 3.05) is 31.2 Å². The maximum atomic E-state index is 12.8. The highest BCUT2D eigenvalue weighted by Crippen LogP contribution is 2.33. The van der Waals surface area contributed by atoms with E-state index in [0.717, 1.165) is 17.5 Å². The molecular formula is C27H34N2O5. The van der Waals surface area contributed by atoms with Gasteiger partial charge in [-0.15, -0.1) is 0 Å². The van der Waals surface area contributed by atoms with Gasteiger partial charge < -0.3 is 19.7 Å². The minimum atomic E-state index is -0.191. The number of ketones is 1. The highest BCUT2D eigenvalue weighted by Gasteiger charge is 2.26. The first-order valence-electron chi connectivity index (χ1n) is 11.8. The Balaban J connectivity index is 1.60. The van der Waals surface area contributed by atoms with E-state index in [1.165, 1.54) is 0 Å². The Labute approximate surface area is 201 Å². The summed E-state index contributed by atoms with van der Waals surface area (Å²) in [4.78, 5) is 39.0. The van der Waals surface area contributed by atoms with Gasteiger partial charge in [0.2, 0.25) is 5.91 Å². The number of carbonyl (C=O) groups is 3. The lowest BCUT2D eigenvalue weighted by molar-refractivity contribution is -0.122. The molecule has 1 N–H and O–H groups in total. The summed E-state index contributed by atoms with van der Waals surface area (Å²) in [6.45, 7) is 9.11. The van der Waals surface area contributed by atoms with Gasteiger partial charge in [0.25, 0.3) is 5.91 Å². The third-order valence-corrected chi connectivity index (χ3v) is 5.90. The summed E-state index contributed by atoms with van der Waals surface area (Å²) in [7, 11) is 0. The number of ether oxygens (including phenoxy) is 2. The Morgan fingerprint density at radius 2 is 1.91 bits per heavy atom. The highest BCUT2D eigenvalue weighted by atomic mass is 16.5. The number of aryl methyl sites for hydroxylation is 2. The summed E-state index contributed by atoms with van der Waals surface area (Å²) in [5.41, 5.74) is 3.25. The number of benzene rings is 2. The van der Waals surface area contributed by atoms with E-state index >= 15 is 0 Å². The molecule has 2 aromatic rings. The molecule has 0 radical (unpaired) electrons. The smallest absolute Gasteiger partial charge is 0.265 e. The van der Waals surface area contributed by atoms with E-state index in [-0.39, 0.29) is 30.8 Å². The predicted molar refractivity (Wildman–Crippen MR) is 132 cm³/mol. The number of carbonyl (C=O) groups excluding carboxylic acids is 3. The Morgan fingerprint density at radius 1 is 1.12 bits per heavy atom. The van der Waals surface area contributed by atoms with E-state index in [0.29, 0.717) is 54.6 Å². The molecule has 0 aromatic heterocycles. The van der Waals surface area contributed by atoms with Gasteiger partial charge in [0, 0.05) is 25.1 Å². The van der Waals surface area contributed by atoms with Crippen LogP contribution in [-0.2, 0) is 9.59 Å². The first-order valence-corrected chi connectivity index (χ1v) is 11.8. The Kier molecular flexibility index (Phi) is 8.68. The summed E-state index contributed by atoms with van der Waals surface area (Å²) in [5.74, 6) is 1.32. The second-order valence-electron chi connectivity index (χ2n) is 9.11. The van der Waals surface area contributed by atoms with Gasteiger partial charge in [0.1, 0.15) is 11.5 Å². The summed E-state index contributed by atoms with van der Waals surface area (Å²) in [5, 5.41) is 2.91. The largest absolute Gasteiger partial charge is 0.485 e. The molecule has 2 amide bonds. The first kappa shape index (κ1) is 25.3. The minimum absolute atomic E-state index is 0.0194. The molecule has 1 aliphatic rings. The van der Waals surface area contributed by atoms with Crippen molar-refractivity contribution >= 4 is 23.3 Å². The van der Waals surface area contributed by atoms with Crippen LogP contribution in [0.15, 0.2) is 36.4 Å². The van der Waals surface area contributed by atoms with E-state index in [9.17, 15) is 14.4 Å². The van der Waals surface area contributed by atoms with Crippen LogP contribution in [-0.4, -0.2) is 43.9 Å². The molecule has 182 valence electrons. The Bertz CT molecular complexity index is 1050. The van der Waals surface area contributed by atoms with Crippen LogP contribution in [0.1, 0.15) is 54.6 Å². The number of fused-ring (bicyclic) bond motifs is 1. The lowest BCUT2D eigenvalue weighted by Gasteiger charge is -2.29. The van der Waals surface area contributed by atoms with Gasteiger partial charge in [-0.2, -0.15) is 0 Å². The third-order valence-electron chi connectivity index (χ3n) is 5.90. The number of Topliss-reactive ketones (excluding diaryl/α,β-unsaturated/α-hetero) is 1. The van der Waals surface area contributed by atoms with Gasteiger partial charge in [-0.25, -0.2) is 0 Å². The molecule has 1 heterocycles. The van der Waals surface area contributed by atoms with Gasteiger partial charge >= 0.3 is 0 Å². The topological polar surface area (TPSA) is 84.9 Å². The maximum Gasteiger partial charge on any atom is 0.265 e. The van der Waals surface area contributed by atoms with Crippen LogP contribution in [0.4, 0.5) is 5.69 Å². The average Bonchev–Trinajstić information content (AvgIpc) is 2.80. The molecule has 3 rings (SSSR count). The number of hydrogen-bond donors (Lipinski definition) is 1. The summed E-state index contributed by atoms with van der Waals surface area (Å²) in [6, 6.07) is 10.8. The molecule has 0 saturated heterocycles. The van der Waals surface area contributed by atoms with Gasteiger partial charge in [-0.05, 0) is 74.1 Å². The van der Waals surface area contributed by atoms with Crippen molar-refractivity contribution in [2.24, 2.45) is 5.92 Å². The Hall–Kier alpha value is -3.35. The molecular weight excluding hydrogens is 432 g/mol. The zero-order valence-electron chi connectivity index (χ0n) is 20.5. The molecule has 0 saturated carbocycles. The van der Waals surface area contributed by atoms with E-state index in [1.807, 2.05) is 32.0 Å². The molecule has 0 spiro atoms. The Morgan fingerprint density at radius 3 is 2.65 bits per heavy atom. The second-order valence-corrected chi connectivity index (χ2v) is 9.11. The van der Waals surface area contributed by atoms with Crippen LogP contribution in [0.2, 0.25) is 0 Å². The fraction of sp³-hybridized carbons (Fsp3) is 0.444. The summed E-state index contributed by atoms with van der Waals surface area (Å²) < 4.78 is 11.2. The molecule has 0 fully saturated rings. The lowest BCUT2D eigenvalue weighted by atomic mass is 10.1. The van der Waals surface area contributed by atoms with E-state index in [2.05, 4.69) is 19.2 Å². The van der Waals surface area contributed by atoms with Crippen LogP contribution >= 0.6 is 0 Å². The SMILES string of the molecule is Cc1ccc(OCC(=O)c2ccc3c(c2)N(CCCC(=O)NCCC(C)C)C(=O)CO3)cc1C. The van der Waals surface area contributed by atoms with Crippen molar-refractivity contribution in [3.63, 3.8) is 0 Å². The molecule has 1 aliphatic heterocycles. The first-order chi connectivity index (χ1) is 16.2. The van der Waals surface area contributed by atoms with Crippen LogP contribution in [0, 0.1) is 19.8 Å². The molecule has 0 atom stereocenters. The molecule has 2 aromatic carbocycles. The quantitative estimate of drug-likeness (QED) is 0.501. The molecule has 0 bridgehead atoms. The van der Waals surface area contributed by atoms with Crippen molar-refractivity contribution in [3.8, 4) is 11.5 Å². The fourth-order valence-corrected chi connectivity index (χ4v) is 3.64. The van der Waals surface area contributed by atoms with E-state index in [4.69, 9.17) is 9.47 Å². The van der Waals surface area contributed by atoms with Crippen LogP contribution < -0.4 is 19.7 Å². The van der Waals surface area contributed by atoms with Crippen LogP contribution in [0.25, 0.3) is 0 Å². The number of nitrogens with one attached hydrogen (secondary N) is 1. The number of rotatable bonds is 11. The highest BCUT2D eigenvalue weighted by molar-refractivity contribution is 6.02. The van der Waals surface area contributed by atoms with Crippen molar-refractivity contribution < 1.29 is 23.9 Å². The molecule has 7 heteroatoms. The lowest BCUT2D eigenvalue weighted by Crippen LogP contribution is -2.40. The average molecular weight is 467 g/mol. The normalized spacial score (nSPS) is 12.9. The van der Waals surface area contributed by atoms with E-state index < -0.39 is 0 Å². The summed E-state index contributed by atoms with van der Waals surface area (Å²) in [6.07, 6.45) is 1.79. The third kappa shape index (κ3) is 6.83. The monoisotopic (exact) mass is 466 g/mol. The number of hydrogen-bond acceptors (Lipinski definition) is 5. The molecule has 7 nitrogen and oxygen atoms in total. The van der Waals surface area contributed by atoms with Gasteiger partial charge in [-0.1, -0.05) is 19.9 Å². The van der Waals surface area contributed by atoms with E-state index in [1.54, 1.807) is 23.1 Å². The number of anilines is 1. The fourth-order valence-electron chi connectivity index (χ4n) is 3.64. The molecule has 0 aliphatic carbocycles. The van der Waals surface area contributed by atoms with Crippen molar-refractivity contribution in [1.82, 2.24) is 5.32 Å². The maximum absolute atomic E-state index is 12.8. The van der Waals surface area contributed by atoms with Crippen molar-refractivity contribution in [3.05, 3.63) is 53.1 Å². The predicted octanol–water partition coefficient (Wildman–Crippen LogP) is 4.23. The number of nitrogens with zero attached hydrogens (tertiary/aromatic N) is 1. The zero-order valence-corrected chi connectivity index (χ0v) is 20.5. The van der Waals surface area contributed by atoms with Crippen molar-refractivity contribution in [2.45, 2.75) is 47.0 Å². The van der Waals surface area contributed by atoms with Gasteiger partial charge in [0.15, 0.2) is 19.0 Å². The van der Waals surface area contributed by atoms with Crippen molar-refractivity contribution in [1.29, 1.82) is 0 Å². The van der Waals surface area contributed by atoms with Gasteiger partial charge in [0.05, 0.1) is 5.69 Å². The number of amides is 2. The second kappa shape index (κ2) is 11.7. The minimum Gasteiger partial charge on any atom is -0.485 e. The zero-order chi connectivity index (χ0) is 24.7. The van der Waals surface area contributed by atoms with Crippen LogP contribution in [0.3, 0.4) is 0 Å². The molecule has 0 unspecified atom stereocenters.